The van der Waals surface area contributed by atoms with E-state index in [2.05, 4.69) is 10.6 Å². The molecular weight excluding hydrogens is 228 g/mol. The van der Waals surface area contributed by atoms with Gasteiger partial charge in [0.15, 0.2) is 0 Å². The van der Waals surface area contributed by atoms with Crippen molar-refractivity contribution < 1.29 is 9.59 Å². The molecule has 0 saturated heterocycles. The second-order valence-corrected chi connectivity index (χ2v) is 5.73. The van der Waals surface area contributed by atoms with Gasteiger partial charge in [0.05, 0.1) is 0 Å². The zero-order chi connectivity index (χ0) is 13.5. The van der Waals surface area contributed by atoms with Crippen LogP contribution in [0.15, 0.2) is 0 Å². The fourth-order valence-corrected chi connectivity index (χ4v) is 2.21. The summed E-state index contributed by atoms with van der Waals surface area (Å²) in [6, 6.07) is 0.834. The predicted octanol–water partition coefficient (Wildman–Crippen LogP) is 1.49. The minimum atomic E-state index is 0.0642. The van der Waals surface area contributed by atoms with E-state index in [4.69, 9.17) is 0 Å². The topological polar surface area (TPSA) is 58.2 Å². The average Bonchev–Trinajstić information content (AvgIpc) is 2.37. The van der Waals surface area contributed by atoms with E-state index in [-0.39, 0.29) is 17.7 Å². The second kappa shape index (κ2) is 7.52. The fraction of sp³-hybridized carbons (Fsp3) is 0.857. The lowest BCUT2D eigenvalue weighted by molar-refractivity contribution is -0.125. The Balaban J connectivity index is 2.20. The van der Waals surface area contributed by atoms with Crippen LogP contribution in [0.4, 0.5) is 0 Å². The van der Waals surface area contributed by atoms with E-state index in [9.17, 15) is 9.59 Å². The van der Waals surface area contributed by atoms with Gasteiger partial charge in [-0.3, -0.25) is 4.79 Å². The first-order chi connectivity index (χ1) is 8.52. The number of carbonyl (C=O) groups excluding carboxylic acids is 2. The van der Waals surface area contributed by atoms with Gasteiger partial charge in [0.1, 0.15) is 6.29 Å². The standard InChI is InChI=1S/C14H26N2O2/c1-10(2)14(18)16-13-6-4-12(5-7-13)15-8-11(3)9-17/h9-13,15H,4-8H2,1-3H3,(H,16,18). The summed E-state index contributed by atoms with van der Waals surface area (Å²) < 4.78 is 0. The third-order valence-corrected chi connectivity index (χ3v) is 3.56. The van der Waals surface area contributed by atoms with E-state index in [1.54, 1.807) is 0 Å². The Morgan fingerprint density at radius 1 is 1.17 bits per heavy atom. The van der Waals surface area contributed by atoms with Crippen LogP contribution in [0.3, 0.4) is 0 Å². The molecule has 1 rings (SSSR count). The van der Waals surface area contributed by atoms with Crippen LogP contribution in [0.25, 0.3) is 0 Å². The molecule has 4 heteroatoms. The molecule has 1 saturated carbocycles. The Bertz CT molecular complexity index is 271. The van der Waals surface area contributed by atoms with Crippen LogP contribution in [-0.2, 0) is 9.59 Å². The largest absolute Gasteiger partial charge is 0.353 e. The Hall–Kier alpha value is -0.900. The number of carbonyl (C=O) groups is 2. The van der Waals surface area contributed by atoms with E-state index in [1.165, 1.54) is 0 Å². The van der Waals surface area contributed by atoms with Crippen LogP contribution in [0.2, 0.25) is 0 Å². The Morgan fingerprint density at radius 3 is 2.22 bits per heavy atom. The lowest BCUT2D eigenvalue weighted by Crippen LogP contribution is -2.44. The molecule has 1 fully saturated rings. The van der Waals surface area contributed by atoms with Crippen LogP contribution in [0.1, 0.15) is 46.5 Å². The van der Waals surface area contributed by atoms with Crippen molar-refractivity contribution in [2.24, 2.45) is 11.8 Å². The molecule has 18 heavy (non-hydrogen) atoms. The maximum Gasteiger partial charge on any atom is 0.222 e. The molecule has 4 nitrogen and oxygen atoms in total. The normalized spacial score (nSPS) is 25.8. The third kappa shape index (κ3) is 5.17. The molecule has 0 aromatic rings. The van der Waals surface area contributed by atoms with E-state index in [1.807, 2.05) is 20.8 Å². The van der Waals surface area contributed by atoms with Crippen molar-refractivity contribution >= 4 is 12.2 Å². The van der Waals surface area contributed by atoms with Gasteiger partial charge in [-0.1, -0.05) is 20.8 Å². The highest BCUT2D eigenvalue weighted by Crippen LogP contribution is 2.19. The molecule has 104 valence electrons. The quantitative estimate of drug-likeness (QED) is 0.706. The summed E-state index contributed by atoms with van der Waals surface area (Å²) in [5.74, 6) is 0.304. The SMILES string of the molecule is CC(C=O)CNC1CCC(NC(=O)C(C)C)CC1. The van der Waals surface area contributed by atoms with E-state index >= 15 is 0 Å². The summed E-state index contributed by atoms with van der Waals surface area (Å²) in [6.07, 6.45) is 5.21. The first-order valence-corrected chi connectivity index (χ1v) is 7.02. The molecule has 1 aliphatic carbocycles. The van der Waals surface area contributed by atoms with Crippen molar-refractivity contribution in [2.75, 3.05) is 6.54 Å². The molecule has 0 aliphatic heterocycles. The molecule has 2 N–H and O–H groups in total. The molecule has 0 radical (unpaired) electrons. The first kappa shape index (κ1) is 15.2. The highest BCUT2D eigenvalue weighted by atomic mass is 16.1. The van der Waals surface area contributed by atoms with Crippen LogP contribution >= 0.6 is 0 Å². The van der Waals surface area contributed by atoms with Crippen molar-refractivity contribution in [3.63, 3.8) is 0 Å². The van der Waals surface area contributed by atoms with Crippen molar-refractivity contribution in [2.45, 2.75) is 58.5 Å². The second-order valence-electron chi connectivity index (χ2n) is 5.73. The number of rotatable bonds is 6. The smallest absolute Gasteiger partial charge is 0.222 e. The Morgan fingerprint density at radius 2 is 1.72 bits per heavy atom. The van der Waals surface area contributed by atoms with Crippen molar-refractivity contribution in [1.82, 2.24) is 10.6 Å². The number of hydrogen-bond acceptors (Lipinski definition) is 3. The average molecular weight is 254 g/mol. The van der Waals surface area contributed by atoms with Gasteiger partial charge in [0.25, 0.3) is 0 Å². The fourth-order valence-electron chi connectivity index (χ4n) is 2.21. The van der Waals surface area contributed by atoms with Gasteiger partial charge in [0.2, 0.25) is 5.91 Å². The van der Waals surface area contributed by atoms with Gasteiger partial charge in [-0.25, -0.2) is 0 Å². The Kier molecular flexibility index (Phi) is 6.33. The molecule has 0 bridgehead atoms. The lowest BCUT2D eigenvalue weighted by Gasteiger charge is -2.30. The van der Waals surface area contributed by atoms with Crippen LogP contribution in [0, 0.1) is 11.8 Å². The Labute approximate surface area is 110 Å². The monoisotopic (exact) mass is 254 g/mol. The summed E-state index contributed by atoms with van der Waals surface area (Å²) in [5.41, 5.74) is 0. The predicted molar refractivity (Wildman–Crippen MR) is 72.3 cm³/mol. The van der Waals surface area contributed by atoms with Gasteiger partial charge in [-0.15, -0.1) is 0 Å². The molecule has 0 heterocycles. The van der Waals surface area contributed by atoms with Gasteiger partial charge < -0.3 is 15.4 Å². The molecule has 0 aromatic heterocycles. The van der Waals surface area contributed by atoms with Crippen molar-refractivity contribution in [1.29, 1.82) is 0 Å². The highest BCUT2D eigenvalue weighted by Gasteiger charge is 2.22. The van der Waals surface area contributed by atoms with E-state index in [0.29, 0.717) is 12.1 Å². The summed E-state index contributed by atoms with van der Waals surface area (Å²) in [6.45, 7) is 6.53. The minimum absolute atomic E-state index is 0.0642. The van der Waals surface area contributed by atoms with Gasteiger partial charge >= 0.3 is 0 Å². The van der Waals surface area contributed by atoms with Crippen molar-refractivity contribution in [3.05, 3.63) is 0 Å². The zero-order valence-electron chi connectivity index (χ0n) is 11.7. The molecule has 1 amide bonds. The minimum Gasteiger partial charge on any atom is -0.353 e. The number of aldehydes is 1. The maximum atomic E-state index is 11.6. The summed E-state index contributed by atoms with van der Waals surface area (Å²) in [7, 11) is 0. The highest BCUT2D eigenvalue weighted by molar-refractivity contribution is 5.78. The van der Waals surface area contributed by atoms with Gasteiger partial charge in [-0.05, 0) is 25.7 Å². The van der Waals surface area contributed by atoms with Gasteiger partial charge in [0, 0.05) is 30.5 Å². The van der Waals surface area contributed by atoms with Crippen molar-refractivity contribution in [3.8, 4) is 0 Å². The summed E-state index contributed by atoms with van der Waals surface area (Å²) in [4.78, 5) is 22.1. The van der Waals surface area contributed by atoms with Crippen LogP contribution < -0.4 is 10.6 Å². The van der Waals surface area contributed by atoms with E-state index < -0.39 is 0 Å². The third-order valence-electron chi connectivity index (χ3n) is 3.56. The summed E-state index contributed by atoms with van der Waals surface area (Å²) in [5, 5.41) is 6.52. The molecule has 1 atom stereocenters. The number of nitrogens with one attached hydrogen (secondary N) is 2. The first-order valence-electron chi connectivity index (χ1n) is 7.02. The molecular formula is C14H26N2O2. The van der Waals surface area contributed by atoms with Gasteiger partial charge in [-0.2, -0.15) is 0 Å². The van der Waals surface area contributed by atoms with E-state index in [0.717, 1.165) is 38.5 Å². The molecule has 1 aliphatic rings. The van der Waals surface area contributed by atoms with Crippen LogP contribution in [0.5, 0.6) is 0 Å². The number of hydrogen-bond donors (Lipinski definition) is 2. The van der Waals surface area contributed by atoms with Crippen LogP contribution in [-0.4, -0.2) is 30.8 Å². The zero-order valence-corrected chi connectivity index (χ0v) is 11.7. The maximum absolute atomic E-state index is 11.6. The summed E-state index contributed by atoms with van der Waals surface area (Å²) >= 11 is 0. The lowest BCUT2D eigenvalue weighted by atomic mass is 9.90. The molecule has 0 spiro atoms. The number of amides is 1. The molecule has 1 unspecified atom stereocenters. The molecule has 0 aromatic carbocycles.